The molecule has 2 amide bonds. The van der Waals surface area contributed by atoms with Gasteiger partial charge in [0.15, 0.2) is 0 Å². The number of benzene rings is 2. The van der Waals surface area contributed by atoms with Crippen LogP contribution in [0.2, 0.25) is 0 Å². The molecule has 5 nitrogen and oxygen atoms in total. The van der Waals surface area contributed by atoms with Crippen LogP contribution in [-0.4, -0.2) is 18.4 Å². The van der Waals surface area contributed by atoms with Crippen molar-refractivity contribution < 1.29 is 19.7 Å². The van der Waals surface area contributed by atoms with Crippen LogP contribution in [0.25, 0.3) is 0 Å². The predicted molar refractivity (Wildman–Crippen MR) is 91.1 cm³/mol. The highest BCUT2D eigenvalue weighted by Gasteiger charge is 2.44. The molecule has 1 atom stereocenters. The van der Waals surface area contributed by atoms with E-state index in [1.165, 1.54) is 12.1 Å². The molecule has 7 N–H and O–H groups in total. The van der Waals surface area contributed by atoms with Gasteiger partial charge in [-0.1, -0.05) is 12.1 Å². The fourth-order valence-electron chi connectivity index (χ4n) is 3.87. The van der Waals surface area contributed by atoms with E-state index in [0.717, 1.165) is 11.1 Å². The van der Waals surface area contributed by atoms with Gasteiger partial charge in [0, 0.05) is 12.0 Å². The molecule has 130 valence electrons. The summed E-state index contributed by atoms with van der Waals surface area (Å²) in [4.78, 5) is 24.2. The van der Waals surface area contributed by atoms with Crippen LogP contribution in [0, 0.1) is 5.82 Å². The summed E-state index contributed by atoms with van der Waals surface area (Å²) in [7, 11) is 0. The van der Waals surface area contributed by atoms with Crippen molar-refractivity contribution in [1.82, 2.24) is 0 Å². The van der Waals surface area contributed by atoms with E-state index in [1.807, 2.05) is 0 Å². The van der Waals surface area contributed by atoms with Gasteiger partial charge in [-0.05, 0) is 59.4 Å². The van der Waals surface area contributed by atoms with E-state index in [-0.39, 0.29) is 0 Å². The number of primary amides is 2. The van der Waals surface area contributed by atoms with Gasteiger partial charge in [-0.25, -0.2) is 4.39 Å². The van der Waals surface area contributed by atoms with Crippen molar-refractivity contribution in [2.24, 2.45) is 11.5 Å². The number of hydrogen-bond donors (Lipinski definition) is 3. The van der Waals surface area contributed by atoms with Crippen LogP contribution < -0.4 is 17.2 Å². The predicted octanol–water partition coefficient (Wildman–Crippen LogP) is 0.427. The number of carbonyl (C=O) groups is 2. The lowest BCUT2D eigenvalue weighted by atomic mass is 9.69. The zero-order valence-corrected chi connectivity index (χ0v) is 13.8. The Morgan fingerprint density at radius 1 is 1.04 bits per heavy atom. The Morgan fingerprint density at radius 3 is 2.40 bits per heavy atom. The van der Waals surface area contributed by atoms with E-state index in [4.69, 9.17) is 11.5 Å². The zero-order valence-electron chi connectivity index (χ0n) is 13.8. The summed E-state index contributed by atoms with van der Waals surface area (Å²) < 4.78 is 14.0. The maximum atomic E-state index is 14.0. The van der Waals surface area contributed by atoms with Gasteiger partial charge in [0.25, 0.3) is 0 Å². The maximum Gasteiger partial charge on any atom is 0.248 e. The third-order valence-electron chi connectivity index (χ3n) is 5.02. The minimum atomic E-state index is -1.17. The molecule has 0 aromatic heterocycles. The second kappa shape index (κ2) is 6.29. The van der Waals surface area contributed by atoms with Gasteiger partial charge in [-0.2, -0.15) is 0 Å². The lowest BCUT2D eigenvalue weighted by Crippen LogP contribution is -2.55. The molecule has 0 saturated carbocycles. The Labute approximate surface area is 145 Å². The van der Waals surface area contributed by atoms with E-state index < -0.39 is 23.0 Å². The average Bonchev–Trinajstić information content (AvgIpc) is 2.70. The minimum absolute atomic E-state index is 0.363. The number of rotatable bonds is 4. The highest BCUT2D eigenvalue weighted by atomic mass is 19.1. The largest absolute Gasteiger partial charge is 0.369 e. The molecule has 2 aromatic rings. The molecule has 6 heteroatoms. The molecular weight excluding hydrogens is 321 g/mol. The second-order valence-corrected chi connectivity index (χ2v) is 6.41. The van der Waals surface area contributed by atoms with Crippen molar-refractivity contribution in [2.45, 2.75) is 24.7 Å². The Balaban J connectivity index is 2.35. The van der Waals surface area contributed by atoms with Crippen molar-refractivity contribution in [3.8, 4) is 0 Å². The highest BCUT2D eigenvalue weighted by Crippen LogP contribution is 2.42. The van der Waals surface area contributed by atoms with Gasteiger partial charge in [0.1, 0.15) is 11.2 Å². The molecule has 0 radical (unpaired) electrons. The molecule has 1 aliphatic rings. The third kappa shape index (κ3) is 2.68. The number of nitrogens with two attached hydrogens (primary N) is 2. The number of hydrogen-bond acceptors (Lipinski definition) is 2. The molecule has 0 spiro atoms. The fourth-order valence-corrected chi connectivity index (χ4v) is 3.87. The van der Waals surface area contributed by atoms with E-state index in [1.54, 1.807) is 24.3 Å². The molecule has 0 heterocycles. The molecule has 0 bridgehead atoms. The first kappa shape index (κ1) is 17.1. The van der Waals surface area contributed by atoms with Crippen molar-refractivity contribution in [3.05, 3.63) is 70.0 Å². The summed E-state index contributed by atoms with van der Waals surface area (Å²) in [5, 5.41) is 0. The molecule has 3 rings (SSSR count). The van der Waals surface area contributed by atoms with Crippen molar-refractivity contribution in [3.63, 3.8) is 0 Å². The first-order chi connectivity index (χ1) is 11.9. The van der Waals surface area contributed by atoms with Crippen molar-refractivity contribution in [2.75, 3.05) is 6.54 Å². The van der Waals surface area contributed by atoms with E-state index >= 15 is 0 Å². The summed E-state index contributed by atoms with van der Waals surface area (Å²) in [5.41, 5.74) is 17.3. The summed E-state index contributed by atoms with van der Waals surface area (Å²) in [6.07, 6.45) is 1.60. The van der Waals surface area contributed by atoms with Crippen LogP contribution in [0.1, 0.15) is 39.0 Å². The number of halogens is 1. The van der Waals surface area contributed by atoms with Gasteiger partial charge >= 0.3 is 0 Å². The van der Waals surface area contributed by atoms with Crippen LogP contribution >= 0.6 is 0 Å². The number of amides is 2. The van der Waals surface area contributed by atoms with Crippen LogP contribution in [0.4, 0.5) is 4.39 Å². The Kier molecular flexibility index (Phi) is 4.30. The zero-order chi connectivity index (χ0) is 18.2. The second-order valence-electron chi connectivity index (χ2n) is 6.41. The monoisotopic (exact) mass is 342 g/mol. The van der Waals surface area contributed by atoms with Gasteiger partial charge in [0.05, 0.1) is 6.54 Å². The molecular formula is C19H21FN3O2+. The van der Waals surface area contributed by atoms with Crippen LogP contribution in [-0.2, 0) is 23.1 Å². The molecule has 2 aromatic carbocycles. The standard InChI is InChI=1S/C19H20FN3O2/c20-14-5-3-11-1-2-12-9-13(17(22)24)4-6-15(12)19(7-8-21,18(23)25)16(11)10-14/h3-6,9-10H,1-2,7-8,21H2,(H2,22,24)(H2,23,25)/p+1. The number of aryl methyl sites for hydroxylation is 2. The first-order valence-electron chi connectivity index (χ1n) is 8.21. The first-order valence-corrected chi connectivity index (χ1v) is 8.21. The summed E-state index contributed by atoms with van der Waals surface area (Å²) in [5.74, 6) is -1.49. The molecule has 1 unspecified atom stereocenters. The fraction of sp³-hybridized carbons (Fsp3) is 0.263. The van der Waals surface area contributed by atoms with Gasteiger partial charge in [-0.15, -0.1) is 0 Å². The van der Waals surface area contributed by atoms with Crippen molar-refractivity contribution in [1.29, 1.82) is 0 Å². The summed E-state index contributed by atoms with van der Waals surface area (Å²) in [6, 6.07) is 9.50. The summed E-state index contributed by atoms with van der Waals surface area (Å²) in [6.45, 7) is 0.454. The normalized spacial score (nSPS) is 18.8. The number of carbonyl (C=O) groups excluding carboxylic acids is 2. The van der Waals surface area contributed by atoms with E-state index in [0.29, 0.717) is 42.5 Å². The van der Waals surface area contributed by atoms with Crippen molar-refractivity contribution >= 4 is 11.8 Å². The van der Waals surface area contributed by atoms with E-state index in [9.17, 15) is 14.0 Å². The average molecular weight is 342 g/mol. The number of fused-ring (bicyclic) bond motifs is 2. The minimum Gasteiger partial charge on any atom is -0.369 e. The quantitative estimate of drug-likeness (QED) is 0.748. The van der Waals surface area contributed by atoms with Crippen LogP contribution in [0.5, 0.6) is 0 Å². The SMILES string of the molecule is NC(=O)c1ccc2c(c1)CCc1ccc(F)cc1C2(CC[NH3+])C(N)=O. The molecule has 1 aliphatic carbocycles. The molecule has 25 heavy (non-hydrogen) atoms. The lowest BCUT2D eigenvalue weighted by Gasteiger charge is -2.32. The van der Waals surface area contributed by atoms with Gasteiger partial charge in [-0.3, -0.25) is 9.59 Å². The Hall–Kier alpha value is -2.73. The van der Waals surface area contributed by atoms with Gasteiger partial charge in [0.2, 0.25) is 11.8 Å². The molecule has 0 aliphatic heterocycles. The lowest BCUT2D eigenvalue weighted by molar-refractivity contribution is -0.369. The smallest absolute Gasteiger partial charge is 0.248 e. The third-order valence-corrected chi connectivity index (χ3v) is 5.02. The Bertz CT molecular complexity index is 866. The molecule has 0 fully saturated rings. The number of quaternary nitrogens is 1. The van der Waals surface area contributed by atoms with Crippen LogP contribution in [0.15, 0.2) is 36.4 Å². The highest BCUT2D eigenvalue weighted by molar-refractivity contribution is 5.95. The van der Waals surface area contributed by atoms with Gasteiger partial charge < -0.3 is 17.2 Å². The maximum absolute atomic E-state index is 14.0. The van der Waals surface area contributed by atoms with Crippen LogP contribution in [0.3, 0.4) is 0 Å². The Morgan fingerprint density at radius 2 is 1.76 bits per heavy atom. The topological polar surface area (TPSA) is 114 Å². The summed E-state index contributed by atoms with van der Waals surface area (Å²) >= 11 is 0. The van der Waals surface area contributed by atoms with E-state index in [2.05, 4.69) is 5.73 Å². The molecule has 0 saturated heterocycles.